The fraction of sp³-hybridized carbons (Fsp3) is 0.280. The summed E-state index contributed by atoms with van der Waals surface area (Å²) in [5, 5.41) is 5.64. The second kappa shape index (κ2) is 11.1. The Balaban J connectivity index is 1.45. The summed E-state index contributed by atoms with van der Waals surface area (Å²) in [6.07, 6.45) is -2.03. The van der Waals surface area contributed by atoms with Crippen molar-refractivity contribution in [2.24, 2.45) is 5.92 Å². The molecule has 1 fully saturated rings. The Morgan fingerprint density at radius 1 is 1.13 bits per heavy atom. The summed E-state index contributed by atoms with van der Waals surface area (Å²) >= 11 is 5.61. The van der Waals surface area contributed by atoms with E-state index in [2.05, 4.69) is 10.5 Å². The summed E-state index contributed by atoms with van der Waals surface area (Å²) in [4.78, 5) is 12.5. The monoisotopic (exact) mass is 589 g/mol. The summed E-state index contributed by atoms with van der Waals surface area (Å²) in [7, 11) is -4.14. The molecule has 14 heteroatoms. The average Bonchev–Trinajstić information content (AvgIpc) is 3.25. The highest BCUT2D eigenvalue weighted by Gasteiger charge is 2.37. The van der Waals surface area contributed by atoms with Crippen molar-refractivity contribution < 1.29 is 39.7 Å². The lowest BCUT2D eigenvalue weighted by molar-refractivity contribution is -0.137. The Kier molecular flexibility index (Phi) is 8.14. The van der Waals surface area contributed by atoms with E-state index in [1.165, 1.54) is 31.2 Å². The second-order valence-corrected chi connectivity index (χ2v) is 11.1. The van der Waals surface area contributed by atoms with E-state index >= 15 is 0 Å². The van der Waals surface area contributed by atoms with Crippen LogP contribution in [0.1, 0.15) is 35.4 Å². The number of rotatable bonds is 6. The number of sulfonamides is 1. The number of amides is 1. The fourth-order valence-electron chi connectivity index (χ4n) is 4.15. The molecule has 208 valence electrons. The largest absolute Gasteiger partial charge is 0.417 e. The van der Waals surface area contributed by atoms with Gasteiger partial charge in [-0.25, -0.2) is 17.2 Å². The number of aryl methyl sites for hydroxylation is 1. The van der Waals surface area contributed by atoms with Crippen LogP contribution in [-0.4, -0.2) is 36.9 Å². The zero-order valence-corrected chi connectivity index (χ0v) is 21.8. The van der Waals surface area contributed by atoms with Gasteiger partial charge in [-0.2, -0.15) is 17.5 Å². The number of hydrogen-bond acceptors (Lipinski definition) is 5. The van der Waals surface area contributed by atoms with Crippen LogP contribution in [0.2, 0.25) is 5.02 Å². The highest BCUT2D eigenvalue weighted by molar-refractivity contribution is 7.89. The standard InChI is InChI=1S/C25H21ClF5N3O4S/c1-14-23(22(38-33-14)7-3-15-2-4-17(27)12-21(15)28)39(36,37)34-10-8-16(9-11-34)24(35)32-18-5-6-20(26)19(13-18)25(29,30)31/h2-7,12-13,16H,8-11H2,1H3,(H,32,35). The van der Waals surface area contributed by atoms with Crippen molar-refractivity contribution >= 4 is 45.4 Å². The minimum Gasteiger partial charge on any atom is -0.355 e. The molecule has 7 nitrogen and oxygen atoms in total. The van der Waals surface area contributed by atoms with Crippen molar-refractivity contribution in [1.29, 1.82) is 0 Å². The number of benzene rings is 2. The van der Waals surface area contributed by atoms with Gasteiger partial charge in [-0.05, 0) is 62.2 Å². The number of halogens is 6. The molecular weight excluding hydrogens is 569 g/mol. The van der Waals surface area contributed by atoms with Gasteiger partial charge in [-0.15, -0.1) is 0 Å². The summed E-state index contributed by atoms with van der Waals surface area (Å²) in [6.45, 7) is 1.33. The zero-order chi connectivity index (χ0) is 28.5. The predicted molar refractivity (Wildman–Crippen MR) is 133 cm³/mol. The first-order chi connectivity index (χ1) is 18.3. The maximum Gasteiger partial charge on any atom is 0.417 e. The molecule has 1 amide bonds. The van der Waals surface area contributed by atoms with E-state index in [0.717, 1.165) is 22.5 Å². The molecule has 1 aliphatic rings. The number of nitrogens with one attached hydrogen (secondary N) is 1. The molecule has 1 aliphatic heterocycles. The van der Waals surface area contributed by atoms with E-state index in [-0.39, 0.29) is 53.5 Å². The molecule has 0 radical (unpaired) electrons. The molecule has 39 heavy (non-hydrogen) atoms. The lowest BCUT2D eigenvalue weighted by Gasteiger charge is -2.30. The van der Waals surface area contributed by atoms with Crippen LogP contribution in [0.15, 0.2) is 45.8 Å². The van der Waals surface area contributed by atoms with Crippen LogP contribution in [-0.2, 0) is 21.0 Å². The van der Waals surface area contributed by atoms with Crippen molar-refractivity contribution in [2.75, 3.05) is 18.4 Å². The first kappa shape index (κ1) is 28.7. The molecule has 3 aromatic rings. The SMILES string of the molecule is Cc1noc(C=Cc2ccc(F)cc2F)c1S(=O)(=O)N1CCC(C(=O)Nc2ccc(Cl)c(C(F)(F)F)c2)CC1. The molecule has 0 aliphatic carbocycles. The van der Waals surface area contributed by atoms with Gasteiger partial charge in [0, 0.05) is 36.3 Å². The van der Waals surface area contributed by atoms with Crippen molar-refractivity contribution in [3.8, 4) is 0 Å². The molecule has 2 aromatic carbocycles. The predicted octanol–water partition coefficient (Wildman–Crippen LogP) is 6.14. The van der Waals surface area contributed by atoms with Gasteiger partial charge in [-0.1, -0.05) is 16.8 Å². The highest BCUT2D eigenvalue weighted by atomic mass is 35.5. The number of piperidine rings is 1. The van der Waals surface area contributed by atoms with Gasteiger partial charge in [-0.3, -0.25) is 4.79 Å². The van der Waals surface area contributed by atoms with E-state index in [1.807, 2.05) is 0 Å². The summed E-state index contributed by atoms with van der Waals surface area (Å²) in [5.74, 6) is -2.96. The van der Waals surface area contributed by atoms with Gasteiger partial charge in [0.25, 0.3) is 0 Å². The van der Waals surface area contributed by atoms with E-state index in [4.69, 9.17) is 16.1 Å². The normalized spacial score (nSPS) is 15.7. The summed E-state index contributed by atoms with van der Waals surface area (Å²) in [6, 6.07) is 5.94. The number of aromatic nitrogens is 1. The van der Waals surface area contributed by atoms with Crippen LogP contribution in [0.5, 0.6) is 0 Å². The number of carbonyl (C=O) groups is 1. The van der Waals surface area contributed by atoms with Crippen molar-refractivity contribution in [2.45, 2.75) is 30.8 Å². The van der Waals surface area contributed by atoms with Crippen LogP contribution in [0, 0.1) is 24.5 Å². The van der Waals surface area contributed by atoms with Crippen molar-refractivity contribution in [3.05, 3.63) is 75.6 Å². The molecule has 2 heterocycles. The quantitative estimate of drug-likeness (QED) is 0.349. The first-order valence-electron chi connectivity index (χ1n) is 11.5. The molecule has 0 unspecified atom stereocenters. The Bertz CT molecular complexity index is 1530. The van der Waals surface area contributed by atoms with E-state index in [9.17, 15) is 35.2 Å². The Labute approximate surface area is 225 Å². The summed E-state index contributed by atoms with van der Waals surface area (Å²) in [5.41, 5.74) is -1.10. The minimum absolute atomic E-state index is 0.00340. The third-order valence-electron chi connectivity index (χ3n) is 6.17. The fourth-order valence-corrected chi connectivity index (χ4v) is 6.10. The van der Waals surface area contributed by atoms with Gasteiger partial charge in [0.15, 0.2) is 10.7 Å². The summed E-state index contributed by atoms with van der Waals surface area (Å²) < 4.78 is 99.5. The lowest BCUT2D eigenvalue weighted by atomic mass is 9.97. The topological polar surface area (TPSA) is 92.5 Å². The smallest absolute Gasteiger partial charge is 0.355 e. The van der Waals surface area contributed by atoms with Crippen LogP contribution in [0.25, 0.3) is 12.2 Å². The van der Waals surface area contributed by atoms with E-state index in [1.54, 1.807) is 0 Å². The Hall–Kier alpha value is -3.29. The molecule has 0 atom stereocenters. The van der Waals surface area contributed by atoms with Crippen molar-refractivity contribution in [1.82, 2.24) is 9.46 Å². The minimum atomic E-state index is -4.70. The third-order valence-corrected chi connectivity index (χ3v) is 8.56. The van der Waals surface area contributed by atoms with Gasteiger partial charge >= 0.3 is 6.18 Å². The molecule has 0 bridgehead atoms. The number of carbonyl (C=O) groups excluding carboxylic acids is 1. The average molecular weight is 590 g/mol. The highest BCUT2D eigenvalue weighted by Crippen LogP contribution is 2.36. The molecule has 1 aromatic heterocycles. The second-order valence-electron chi connectivity index (χ2n) is 8.82. The van der Waals surface area contributed by atoms with E-state index < -0.39 is 50.2 Å². The Morgan fingerprint density at radius 2 is 1.82 bits per heavy atom. The first-order valence-corrected chi connectivity index (χ1v) is 13.4. The van der Waals surface area contributed by atoms with E-state index in [0.29, 0.717) is 6.07 Å². The molecule has 0 saturated carbocycles. The van der Waals surface area contributed by atoms with Gasteiger partial charge in [0.05, 0.1) is 10.6 Å². The van der Waals surface area contributed by atoms with Crippen molar-refractivity contribution in [3.63, 3.8) is 0 Å². The van der Waals surface area contributed by atoms with Crippen LogP contribution in [0.3, 0.4) is 0 Å². The van der Waals surface area contributed by atoms with Gasteiger partial charge in [0.2, 0.25) is 15.9 Å². The molecule has 0 spiro atoms. The maximum atomic E-state index is 14.0. The van der Waals surface area contributed by atoms with Crippen LogP contribution in [0.4, 0.5) is 27.6 Å². The molecule has 4 rings (SSSR count). The Morgan fingerprint density at radius 3 is 2.46 bits per heavy atom. The number of alkyl halides is 3. The molecular formula is C25H21ClF5N3O4S. The van der Waals surface area contributed by atoms with Gasteiger partial charge in [0.1, 0.15) is 17.3 Å². The zero-order valence-electron chi connectivity index (χ0n) is 20.2. The number of hydrogen-bond donors (Lipinski definition) is 1. The van der Waals surface area contributed by atoms with Crippen LogP contribution >= 0.6 is 11.6 Å². The van der Waals surface area contributed by atoms with Crippen LogP contribution < -0.4 is 5.32 Å². The number of nitrogens with zero attached hydrogens (tertiary/aromatic N) is 2. The van der Waals surface area contributed by atoms with Gasteiger partial charge < -0.3 is 9.84 Å². The maximum absolute atomic E-state index is 14.0. The lowest BCUT2D eigenvalue weighted by Crippen LogP contribution is -2.41. The third kappa shape index (κ3) is 6.31. The number of anilines is 1. The molecule has 1 saturated heterocycles. The molecule has 1 N–H and O–H groups in total.